The Morgan fingerprint density at radius 1 is 1.17 bits per heavy atom. The van der Waals surface area contributed by atoms with Crippen molar-refractivity contribution in [3.05, 3.63) is 53.7 Å². The van der Waals surface area contributed by atoms with Gasteiger partial charge < -0.3 is 20.7 Å². The van der Waals surface area contributed by atoms with Crippen molar-refractivity contribution in [2.24, 2.45) is 0 Å². The summed E-state index contributed by atoms with van der Waals surface area (Å²) in [5.74, 6) is 0.924. The predicted octanol–water partition coefficient (Wildman–Crippen LogP) is 1.36. The zero-order valence-electron chi connectivity index (χ0n) is 13.6. The molecule has 0 saturated carbocycles. The number of rotatable bonds is 5. The number of benzene rings is 1. The second-order valence-electron chi connectivity index (χ2n) is 5.82. The fourth-order valence-corrected chi connectivity index (χ4v) is 2.62. The number of nitrogens with zero attached hydrogens (tertiary/aromatic N) is 2. The highest BCUT2D eigenvalue weighted by atomic mass is 16.5. The molecule has 2 heterocycles. The van der Waals surface area contributed by atoms with E-state index in [2.05, 4.69) is 15.2 Å². The van der Waals surface area contributed by atoms with Crippen molar-refractivity contribution < 1.29 is 9.53 Å². The molecule has 6 heteroatoms. The van der Waals surface area contributed by atoms with E-state index in [-0.39, 0.29) is 5.91 Å². The Hall–Kier alpha value is -2.60. The molecule has 0 spiro atoms. The zero-order chi connectivity index (χ0) is 16.8. The summed E-state index contributed by atoms with van der Waals surface area (Å²) in [7, 11) is 0. The molecular weight excluding hydrogens is 304 g/mol. The molecule has 0 atom stereocenters. The Balaban J connectivity index is 1.54. The van der Waals surface area contributed by atoms with Gasteiger partial charge in [-0.2, -0.15) is 0 Å². The summed E-state index contributed by atoms with van der Waals surface area (Å²) in [4.78, 5) is 18.7. The SMILES string of the molecule is Nc1ccc(CC(=O)NCc2ccnc(N3CCOCC3)c2)cc1. The van der Waals surface area contributed by atoms with Gasteiger partial charge in [0.05, 0.1) is 19.6 Å². The van der Waals surface area contributed by atoms with Crippen molar-refractivity contribution in [2.75, 3.05) is 36.9 Å². The fourth-order valence-electron chi connectivity index (χ4n) is 2.62. The van der Waals surface area contributed by atoms with Gasteiger partial charge in [0.25, 0.3) is 0 Å². The molecule has 24 heavy (non-hydrogen) atoms. The third-order valence-corrected chi connectivity index (χ3v) is 3.98. The minimum absolute atomic E-state index is 0.00972. The van der Waals surface area contributed by atoms with E-state index in [1.807, 2.05) is 24.3 Å². The molecule has 0 unspecified atom stereocenters. The summed E-state index contributed by atoms with van der Waals surface area (Å²) < 4.78 is 5.36. The van der Waals surface area contributed by atoms with E-state index < -0.39 is 0 Å². The lowest BCUT2D eigenvalue weighted by Crippen LogP contribution is -2.36. The van der Waals surface area contributed by atoms with Crippen LogP contribution in [0, 0.1) is 0 Å². The number of carbonyl (C=O) groups excluding carboxylic acids is 1. The smallest absolute Gasteiger partial charge is 0.224 e. The number of morpholine rings is 1. The third-order valence-electron chi connectivity index (χ3n) is 3.98. The molecule has 3 rings (SSSR count). The lowest BCUT2D eigenvalue weighted by atomic mass is 10.1. The van der Waals surface area contributed by atoms with Crippen molar-refractivity contribution >= 4 is 17.4 Å². The topological polar surface area (TPSA) is 80.5 Å². The molecular formula is C18H22N4O2. The fraction of sp³-hybridized carbons (Fsp3) is 0.333. The highest BCUT2D eigenvalue weighted by Crippen LogP contribution is 2.14. The van der Waals surface area contributed by atoms with Gasteiger partial charge in [0.15, 0.2) is 0 Å². The number of nitrogens with one attached hydrogen (secondary N) is 1. The van der Waals surface area contributed by atoms with Crippen LogP contribution in [0.15, 0.2) is 42.6 Å². The van der Waals surface area contributed by atoms with Gasteiger partial charge in [-0.05, 0) is 35.4 Å². The Morgan fingerprint density at radius 3 is 2.67 bits per heavy atom. The number of aromatic nitrogens is 1. The minimum Gasteiger partial charge on any atom is -0.399 e. The standard InChI is InChI=1S/C18H22N4O2/c19-16-3-1-14(2-4-16)12-18(23)21-13-15-5-6-20-17(11-15)22-7-9-24-10-8-22/h1-6,11H,7-10,12-13,19H2,(H,21,23). The number of carbonyl (C=O) groups is 1. The van der Waals surface area contributed by atoms with Gasteiger partial charge in [0.1, 0.15) is 5.82 Å². The first-order valence-corrected chi connectivity index (χ1v) is 8.09. The van der Waals surface area contributed by atoms with Crippen LogP contribution in [0.3, 0.4) is 0 Å². The number of ether oxygens (including phenoxy) is 1. The molecule has 0 radical (unpaired) electrons. The largest absolute Gasteiger partial charge is 0.399 e. The molecule has 3 N–H and O–H groups in total. The van der Waals surface area contributed by atoms with Crippen molar-refractivity contribution in [2.45, 2.75) is 13.0 Å². The number of pyridine rings is 1. The lowest BCUT2D eigenvalue weighted by molar-refractivity contribution is -0.120. The summed E-state index contributed by atoms with van der Waals surface area (Å²) in [5, 5.41) is 2.95. The molecule has 6 nitrogen and oxygen atoms in total. The molecule has 1 aromatic carbocycles. The van der Waals surface area contributed by atoms with Crippen LogP contribution < -0.4 is 16.0 Å². The Bertz CT molecular complexity index is 682. The van der Waals surface area contributed by atoms with E-state index in [9.17, 15) is 4.79 Å². The van der Waals surface area contributed by atoms with Gasteiger partial charge in [-0.1, -0.05) is 12.1 Å². The predicted molar refractivity (Wildman–Crippen MR) is 93.7 cm³/mol. The van der Waals surface area contributed by atoms with Gasteiger partial charge >= 0.3 is 0 Å². The van der Waals surface area contributed by atoms with E-state index in [1.165, 1.54) is 0 Å². The van der Waals surface area contributed by atoms with Gasteiger partial charge in [-0.15, -0.1) is 0 Å². The average molecular weight is 326 g/mol. The molecule has 1 amide bonds. The zero-order valence-corrected chi connectivity index (χ0v) is 13.6. The normalized spacial score (nSPS) is 14.4. The van der Waals surface area contributed by atoms with Crippen molar-refractivity contribution in [3.8, 4) is 0 Å². The highest BCUT2D eigenvalue weighted by molar-refractivity contribution is 5.78. The van der Waals surface area contributed by atoms with Crippen LogP contribution in [0.1, 0.15) is 11.1 Å². The van der Waals surface area contributed by atoms with E-state index >= 15 is 0 Å². The van der Waals surface area contributed by atoms with Gasteiger partial charge in [-0.25, -0.2) is 4.98 Å². The maximum Gasteiger partial charge on any atom is 0.224 e. The molecule has 1 aromatic heterocycles. The van der Waals surface area contributed by atoms with E-state index in [0.717, 1.165) is 43.2 Å². The first-order chi connectivity index (χ1) is 11.7. The summed E-state index contributed by atoms with van der Waals surface area (Å²) in [5.41, 5.74) is 8.34. The van der Waals surface area contributed by atoms with Crippen molar-refractivity contribution in [1.82, 2.24) is 10.3 Å². The van der Waals surface area contributed by atoms with Gasteiger partial charge in [0, 0.05) is 31.5 Å². The number of anilines is 2. The number of hydrogen-bond acceptors (Lipinski definition) is 5. The quantitative estimate of drug-likeness (QED) is 0.811. The number of amides is 1. The van der Waals surface area contributed by atoms with Gasteiger partial charge in [0.2, 0.25) is 5.91 Å². The molecule has 1 saturated heterocycles. The maximum atomic E-state index is 12.1. The average Bonchev–Trinajstić information content (AvgIpc) is 2.63. The molecule has 0 bridgehead atoms. The molecule has 1 aliphatic rings. The summed E-state index contributed by atoms with van der Waals surface area (Å²) >= 11 is 0. The highest BCUT2D eigenvalue weighted by Gasteiger charge is 2.12. The maximum absolute atomic E-state index is 12.1. The Morgan fingerprint density at radius 2 is 1.92 bits per heavy atom. The van der Waals surface area contributed by atoms with Crippen molar-refractivity contribution in [3.63, 3.8) is 0 Å². The van der Waals surface area contributed by atoms with Crippen LogP contribution in [-0.4, -0.2) is 37.2 Å². The van der Waals surface area contributed by atoms with Crippen LogP contribution in [0.25, 0.3) is 0 Å². The second kappa shape index (κ2) is 7.79. The minimum atomic E-state index is -0.00972. The van der Waals surface area contributed by atoms with Crippen LogP contribution in [-0.2, 0) is 22.5 Å². The van der Waals surface area contributed by atoms with Crippen molar-refractivity contribution in [1.29, 1.82) is 0 Å². The van der Waals surface area contributed by atoms with E-state index in [1.54, 1.807) is 18.3 Å². The number of nitrogens with two attached hydrogens (primary N) is 1. The van der Waals surface area contributed by atoms with Crippen LogP contribution in [0.2, 0.25) is 0 Å². The molecule has 0 aliphatic carbocycles. The molecule has 1 aliphatic heterocycles. The van der Waals surface area contributed by atoms with Crippen LogP contribution in [0.5, 0.6) is 0 Å². The molecule has 2 aromatic rings. The second-order valence-corrected chi connectivity index (χ2v) is 5.82. The third kappa shape index (κ3) is 4.45. The summed E-state index contributed by atoms with van der Waals surface area (Å²) in [6.07, 6.45) is 2.13. The lowest BCUT2D eigenvalue weighted by Gasteiger charge is -2.28. The van der Waals surface area contributed by atoms with E-state index in [4.69, 9.17) is 10.5 Å². The number of nitrogen functional groups attached to an aromatic ring is 1. The monoisotopic (exact) mass is 326 g/mol. The first kappa shape index (κ1) is 16.3. The van der Waals surface area contributed by atoms with Crippen LogP contribution in [0.4, 0.5) is 11.5 Å². The first-order valence-electron chi connectivity index (χ1n) is 8.09. The Labute approximate surface area is 141 Å². The Kier molecular flexibility index (Phi) is 5.28. The molecule has 1 fully saturated rings. The summed E-state index contributed by atoms with van der Waals surface area (Å²) in [6, 6.07) is 11.3. The van der Waals surface area contributed by atoms with E-state index in [0.29, 0.717) is 18.7 Å². The number of hydrogen-bond donors (Lipinski definition) is 2. The van der Waals surface area contributed by atoms with Gasteiger partial charge in [-0.3, -0.25) is 4.79 Å². The molecule has 126 valence electrons. The summed E-state index contributed by atoms with van der Waals surface area (Å²) in [6.45, 7) is 3.64. The van der Waals surface area contributed by atoms with Crippen LogP contribution >= 0.6 is 0 Å².